The number of aliphatic hydroxyl groups is 1. The largest absolute Gasteiger partial charge is 0.396 e. The van der Waals surface area contributed by atoms with Gasteiger partial charge in [0.15, 0.2) is 0 Å². The van der Waals surface area contributed by atoms with Gasteiger partial charge in [-0.2, -0.15) is 0 Å². The summed E-state index contributed by atoms with van der Waals surface area (Å²) in [6, 6.07) is 12.0. The van der Waals surface area contributed by atoms with Gasteiger partial charge >= 0.3 is 0 Å². The normalized spacial score (nSPS) is 30.4. The molecule has 2 fully saturated rings. The van der Waals surface area contributed by atoms with Crippen LogP contribution in [0.25, 0.3) is 0 Å². The molecule has 1 N–H and O–H groups in total. The molecule has 3 heteroatoms. The summed E-state index contributed by atoms with van der Waals surface area (Å²) in [5.41, 5.74) is 1.50. The molecule has 3 rings (SSSR count). The molecule has 2 aliphatic rings. The molecule has 3 nitrogen and oxygen atoms in total. The fraction of sp³-hybridized carbons (Fsp3) is 0.700. The number of hydrogen-bond acceptors (Lipinski definition) is 2. The van der Waals surface area contributed by atoms with Crippen molar-refractivity contribution < 1.29 is 5.11 Å². The van der Waals surface area contributed by atoms with Crippen molar-refractivity contribution in [1.29, 1.82) is 0 Å². The van der Waals surface area contributed by atoms with Crippen LogP contribution >= 0.6 is 0 Å². The molecule has 0 amide bonds. The lowest BCUT2D eigenvalue weighted by molar-refractivity contribution is -0.0188. The van der Waals surface area contributed by atoms with E-state index in [0.29, 0.717) is 12.8 Å². The summed E-state index contributed by atoms with van der Waals surface area (Å²) >= 11 is 0. The lowest BCUT2D eigenvalue weighted by Gasteiger charge is -2.55. The van der Waals surface area contributed by atoms with Crippen LogP contribution in [0.4, 0.5) is 5.69 Å². The summed E-state index contributed by atoms with van der Waals surface area (Å²) in [6.45, 7) is 6.21. The zero-order valence-corrected chi connectivity index (χ0v) is 14.7. The monoisotopic (exact) mass is 317 g/mol. The molecule has 1 aliphatic carbocycles. The zero-order valence-electron chi connectivity index (χ0n) is 14.7. The molecule has 1 aliphatic heterocycles. The van der Waals surface area contributed by atoms with Gasteiger partial charge in [0.1, 0.15) is 11.9 Å². The molecular formula is C20H33N2O+. The molecule has 2 unspecified atom stereocenters. The molecule has 0 bridgehead atoms. The second-order valence-electron chi connectivity index (χ2n) is 7.38. The highest BCUT2D eigenvalue weighted by molar-refractivity contribution is 5.44. The Morgan fingerprint density at radius 3 is 2.52 bits per heavy atom. The van der Waals surface area contributed by atoms with Crippen LogP contribution in [0.1, 0.15) is 51.9 Å². The first-order valence-corrected chi connectivity index (χ1v) is 9.57. The van der Waals surface area contributed by atoms with Crippen LogP contribution in [-0.4, -0.2) is 48.5 Å². The van der Waals surface area contributed by atoms with E-state index >= 15 is 0 Å². The fourth-order valence-corrected chi connectivity index (χ4v) is 5.06. The summed E-state index contributed by atoms with van der Waals surface area (Å²) in [5.74, 6) is 0. The second-order valence-corrected chi connectivity index (χ2v) is 7.38. The van der Waals surface area contributed by atoms with E-state index in [2.05, 4.69) is 42.2 Å². The predicted molar refractivity (Wildman–Crippen MR) is 97.3 cm³/mol. The van der Waals surface area contributed by atoms with Crippen LogP contribution in [-0.2, 0) is 0 Å². The highest BCUT2D eigenvalue weighted by atomic mass is 16.3. The van der Waals surface area contributed by atoms with Crippen molar-refractivity contribution in [3.8, 4) is 0 Å². The molecule has 2 atom stereocenters. The van der Waals surface area contributed by atoms with Crippen molar-refractivity contribution in [3.63, 3.8) is 0 Å². The Balaban J connectivity index is 1.93. The van der Waals surface area contributed by atoms with E-state index < -0.39 is 0 Å². The Morgan fingerprint density at radius 2 is 1.83 bits per heavy atom. The van der Waals surface area contributed by atoms with Crippen molar-refractivity contribution in [3.05, 3.63) is 30.3 Å². The summed E-state index contributed by atoms with van der Waals surface area (Å²) in [4.78, 5) is 2.63. The first kappa shape index (κ1) is 16.9. The van der Waals surface area contributed by atoms with Gasteiger partial charge in [0.25, 0.3) is 0 Å². The van der Waals surface area contributed by atoms with Gasteiger partial charge in [-0.25, -0.2) is 0 Å². The average molecular weight is 317 g/mol. The molecule has 1 aromatic carbocycles. The van der Waals surface area contributed by atoms with Gasteiger partial charge in [-0.1, -0.05) is 24.6 Å². The van der Waals surface area contributed by atoms with Crippen LogP contribution in [0.15, 0.2) is 30.3 Å². The van der Waals surface area contributed by atoms with Crippen molar-refractivity contribution in [1.82, 2.24) is 9.38 Å². The van der Waals surface area contributed by atoms with Crippen LogP contribution in [0.2, 0.25) is 0 Å². The molecule has 0 spiro atoms. The number of rotatable bonds is 5. The Labute approximate surface area is 141 Å². The minimum atomic E-state index is 0.304. The third-order valence-corrected chi connectivity index (χ3v) is 6.24. The third-order valence-electron chi connectivity index (χ3n) is 6.24. The molecule has 0 aromatic heterocycles. The van der Waals surface area contributed by atoms with Gasteiger partial charge in [0.05, 0.1) is 12.6 Å². The number of nitrogens with zero attached hydrogens (tertiary/aromatic N) is 2. The van der Waals surface area contributed by atoms with Crippen molar-refractivity contribution in [2.75, 3.05) is 26.2 Å². The maximum atomic E-state index is 9.25. The Morgan fingerprint density at radius 1 is 1.09 bits per heavy atom. The lowest BCUT2D eigenvalue weighted by Crippen LogP contribution is -2.71. The number of quaternary nitrogens is 1. The van der Waals surface area contributed by atoms with E-state index in [0.717, 1.165) is 23.5 Å². The average Bonchev–Trinajstić information content (AvgIpc) is 2.62. The maximum absolute atomic E-state index is 9.25. The molecule has 128 valence electrons. The summed E-state index contributed by atoms with van der Waals surface area (Å²) in [7, 11) is 0. The fourth-order valence-electron chi connectivity index (χ4n) is 5.06. The van der Waals surface area contributed by atoms with Gasteiger partial charge in [0, 0.05) is 33.0 Å². The van der Waals surface area contributed by atoms with Gasteiger partial charge in [-0.05, 0) is 44.2 Å². The van der Waals surface area contributed by atoms with Crippen LogP contribution < -0.4 is 4.48 Å². The molecule has 1 heterocycles. The van der Waals surface area contributed by atoms with Crippen LogP contribution in [0, 0.1) is 0 Å². The van der Waals surface area contributed by atoms with Crippen molar-refractivity contribution >= 4 is 5.69 Å². The van der Waals surface area contributed by atoms with E-state index in [1.54, 1.807) is 0 Å². The highest BCUT2D eigenvalue weighted by Crippen LogP contribution is 2.39. The molecule has 23 heavy (non-hydrogen) atoms. The van der Waals surface area contributed by atoms with Gasteiger partial charge in [0.2, 0.25) is 0 Å². The molecular weight excluding hydrogens is 284 g/mol. The number of aliphatic hydroxyl groups excluding tert-OH is 1. The third kappa shape index (κ3) is 3.33. The predicted octanol–water partition coefficient (Wildman–Crippen LogP) is 3.76. The number of hydrogen-bond donors (Lipinski definition) is 1. The molecule has 1 saturated heterocycles. The van der Waals surface area contributed by atoms with E-state index in [1.807, 2.05) is 0 Å². The molecule has 0 radical (unpaired) electrons. The number of para-hydroxylation sites is 1. The summed E-state index contributed by atoms with van der Waals surface area (Å²) < 4.78 is 1.15. The maximum Gasteiger partial charge on any atom is 0.147 e. The first-order chi connectivity index (χ1) is 11.3. The first-order valence-electron chi connectivity index (χ1n) is 9.57. The van der Waals surface area contributed by atoms with Crippen molar-refractivity contribution in [2.45, 2.75) is 64.1 Å². The van der Waals surface area contributed by atoms with Gasteiger partial charge in [-0.3, -0.25) is 9.38 Å². The summed E-state index contributed by atoms with van der Waals surface area (Å²) in [6.07, 6.45) is 9.60. The highest BCUT2D eigenvalue weighted by Gasteiger charge is 2.48. The molecule has 1 aromatic rings. The number of benzene rings is 1. The summed E-state index contributed by atoms with van der Waals surface area (Å²) in [5, 5.41) is 9.25. The van der Waals surface area contributed by atoms with E-state index in [-0.39, 0.29) is 0 Å². The topological polar surface area (TPSA) is 23.5 Å². The quantitative estimate of drug-likeness (QED) is 0.836. The minimum absolute atomic E-state index is 0.304. The zero-order chi connectivity index (χ0) is 16.1. The Kier molecular flexibility index (Phi) is 5.73. The van der Waals surface area contributed by atoms with E-state index in [1.165, 1.54) is 57.3 Å². The Bertz CT molecular complexity index is 472. The van der Waals surface area contributed by atoms with Gasteiger partial charge < -0.3 is 5.11 Å². The van der Waals surface area contributed by atoms with Gasteiger partial charge in [-0.15, -0.1) is 0 Å². The van der Waals surface area contributed by atoms with E-state index in [9.17, 15) is 5.11 Å². The van der Waals surface area contributed by atoms with Crippen LogP contribution in [0.5, 0.6) is 0 Å². The SMILES string of the molecule is CC1N(CCCO)CCC[N+]1(c1ccccc1)C1CCCCC1. The smallest absolute Gasteiger partial charge is 0.147 e. The molecule has 1 saturated carbocycles. The van der Waals surface area contributed by atoms with E-state index in [4.69, 9.17) is 0 Å². The Hall–Kier alpha value is -0.900. The minimum Gasteiger partial charge on any atom is -0.396 e. The second kappa shape index (κ2) is 7.78. The van der Waals surface area contributed by atoms with Crippen molar-refractivity contribution in [2.24, 2.45) is 0 Å². The van der Waals surface area contributed by atoms with Crippen LogP contribution in [0.3, 0.4) is 0 Å². The standard InChI is InChI=1S/C20H33N2O/c1-18-21(15-9-17-23)14-8-16-22(18,19-10-4-2-5-11-19)20-12-6-3-7-13-20/h2,4-5,10-11,18,20,23H,3,6-9,12-17H2,1H3/q+1. The lowest BCUT2D eigenvalue weighted by atomic mass is 9.89.